The van der Waals surface area contributed by atoms with Crippen molar-refractivity contribution in [3.05, 3.63) is 24.3 Å². The van der Waals surface area contributed by atoms with Gasteiger partial charge in [-0.3, -0.25) is 0 Å². The molecule has 2 aliphatic rings. The summed E-state index contributed by atoms with van der Waals surface area (Å²) in [5, 5.41) is 0. The molecule has 0 unspecified atom stereocenters. The predicted molar refractivity (Wildman–Crippen MR) is 92.0 cm³/mol. The Morgan fingerprint density at radius 1 is 0.750 bits per heavy atom. The molecule has 24 heavy (non-hydrogen) atoms. The van der Waals surface area contributed by atoms with Crippen LogP contribution in [0.2, 0.25) is 0 Å². The van der Waals surface area contributed by atoms with Gasteiger partial charge in [0.2, 0.25) is 0 Å². The van der Waals surface area contributed by atoms with E-state index in [1.54, 1.807) is 26.0 Å². The molecule has 2 aliphatic carbocycles. The number of esters is 2. The Balaban J connectivity index is 2.20. The van der Waals surface area contributed by atoms with Crippen LogP contribution in [-0.2, 0) is 19.1 Å². The van der Waals surface area contributed by atoms with Crippen LogP contribution in [0.3, 0.4) is 0 Å². The van der Waals surface area contributed by atoms with E-state index >= 15 is 0 Å². The maximum absolute atomic E-state index is 11.9. The highest BCUT2D eigenvalue weighted by atomic mass is 16.6. The highest BCUT2D eigenvalue weighted by molar-refractivity contribution is 5.83. The Hall–Kier alpha value is -2.02. The van der Waals surface area contributed by atoms with E-state index < -0.39 is 11.2 Å². The summed E-state index contributed by atoms with van der Waals surface area (Å²) in [5.41, 5.74) is -1.47. The van der Waals surface area contributed by atoms with Crippen molar-refractivity contribution in [2.45, 2.75) is 76.4 Å². The normalized spacial score (nSPS) is 21.6. The number of rotatable bonds is 4. The molecule has 4 nitrogen and oxygen atoms in total. The molecule has 2 fully saturated rings. The van der Waals surface area contributed by atoms with Gasteiger partial charge in [-0.1, -0.05) is 24.0 Å². The molecule has 0 N–H and O–H groups in total. The molecule has 0 heterocycles. The summed E-state index contributed by atoms with van der Waals surface area (Å²) in [6.07, 6.45) is 13.1. The Morgan fingerprint density at radius 2 is 1.08 bits per heavy atom. The summed E-state index contributed by atoms with van der Waals surface area (Å²) in [5.74, 6) is 5.65. The first-order valence-corrected chi connectivity index (χ1v) is 8.79. The van der Waals surface area contributed by atoms with Crippen LogP contribution in [0.5, 0.6) is 0 Å². The first-order valence-electron chi connectivity index (χ1n) is 8.79. The summed E-state index contributed by atoms with van der Waals surface area (Å²) in [7, 11) is 0. The van der Waals surface area contributed by atoms with E-state index in [0.717, 1.165) is 51.4 Å². The molecule has 2 rings (SSSR count). The maximum atomic E-state index is 11.9. The number of carbonyl (C=O) groups is 2. The van der Waals surface area contributed by atoms with Gasteiger partial charge in [0.25, 0.3) is 0 Å². The van der Waals surface area contributed by atoms with Crippen LogP contribution in [0.25, 0.3) is 0 Å². The third-order valence-electron chi connectivity index (χ3n) is 4.54. The van der Waals surface area contributed by atoms with Crippen LogP contribution in [0, 0.1) is 11.8 Å². The highest BCUT2D eigenvalue weighted by Gasteiger charge is 2.39. The van der Waals surface area contributed by atoms with Crippen LogP contribution in [0.1, 0.15) is 65.2 Å². The van der Waals surface area contributed by atoms with Crippen molar-refractivity contribution in [1.29, 1.82) is 0 Å². The fourth-order valence-corrected chi connectivity index (χ4v) is 3.35. The average molecular weight is 330 g/mol. The van der Waals surface area contributed by atoms with E-state index in [0.29, 0.717) is 0 Å². The topological polar surface area (TPSA) is 52.6 Å². The van der Waals surface area contributed by atoms with Gasteiger partial charge >= 0.3 is 11.9 Å². The lowest BCUT2D eigenvalue weighted by atomic mass is 9.97. The van der Waals surface area contributed by atoms with Crippen molar-refractivity contribution >= 4 is 11.9 Å². The number of allylic oxidation sites excluding steroid dienone is 2. The van der Waals surface area contributed by atoms with Crippen LogP contribution in [-0.4, -0.2) is 23.1 Å². The fourth-order valence-electron chi connectivity index (χ4n) is 3.35. The van der Waals surface area contributed by atoms with Crippen molar-refractivity contribution < 1.29 is 19.1 Å². The van der Waals surface area contributed by atoms with Crippen LogP contribution >= 0.6 is 0 Å². The lowest BCUT2D eigenvalue weighted by molar-refractivity contribution is -0.149. The molecule has 0 spiro atoms. The smallest absolute Gasteiger partial charge is 0.331 e. The molecule has 0 aromatic rings. The van der Waals surface area contributed by atoms with E-state index in [4.69, 9.17) is 9.47 Å². The molecule has 0 bridgehead atoms. The molecular weight excluding hydrogens is 304 g/mol. The number of carbonyl (C=O) groups excluding carboxylic acids is 2. The molecule has 2 saturated carbocycles. The Labute approximate surface area is 144 Å². The third kappa shape index (κ3) is 4.74. The van der Waals surface area contributed by atoms with Gasteiger partial charge < -0.3 is 9.47 Å². The Morgan fingerprint density at radius 3 is 1.38 bits per heavy atom. The molecule has 0 amide bonds. The highest BCUT2D eigenvalue weighted by Crippen LogP contribution is 2.36. The lowest BCUT2D eigenvalue weighted by Crippen LogP contribution is -2.33. The van der Waals surface area contributed by atoms with Crippen molar-refractivity contribution in [2.24, 2.45) is 0 Å². The first kappa shape index (κ1) is 18.3. The fraction of sp³-hybridized carbons (Fsp3) is 0.600. The van der Waals surface area contributed by atoms with Crippen LogP contribution < -0.4 is 0 Å². The van der Waals surface area contributed by atoms with Crippen molar-refractivity contribution in [3.63, 3.8) is 0 Å². The summed E-state index contributed by atoms with van der Waals surface area (Å²) < 4.78 is 11.3. The quantitative estimate of drug-likeness (QED) is 0.446. The zero-order chi connectivity index (χ0) is 17.5. The van der Waals surface area contributed by atoms with Gasteiger partial charge in [-0.25, -0.2) is 9.59 Å². The molecule has 0 aliphatic heterocycles. The SMILES string of the molecule is C/C=C/C(=O)OC1(C#CC2(OC(=O)/C=C/C)CCCC2)CCCC1. The van der Waals surface area contributed by atoms with E-state index in [9.17, 15) is 9.59 Å². The molecule has 0 aromatic carbocycles. The zero-order valence-electron chi connectivity index (χ0n) is 14.6. The van der Waals surface area contributed by atoms with Gasteiger partial charge in [-0.15, -0.1) is 0 Å². The van der Waals surface area contributed by atoms with Crippen molar-refractivity contribution in [2.75, 3.05) is 0 Å². The third-order valence-corrected chi connectivity index (χ3v) is 4.54. The molecule has 0 radical (unpaired) electrons. The van der Waals surface area contributed by atoms with E-state index in [-0.39, 0.29) is 11.9 Å². The Bertz CT molecular complexity index is 526. The summed E-state index contributed by atoms with van der Waals surface area (Å²) in [6, 6.07) is 0. The second-order valence-electron chi connectivity index (χ2n) is 6.49. The molecule has 130 valence electrons. The minimum absolute atomic E-state index is 0.361. The standard InChI is InChI=1S/C20H26O4/c1-3-9-17(21)23-19(11-5-6-12-19)15-16-20(13-7-8-14-20)24-18(22)10-4-2/h3-4,9-10H,5-8,11-14H2,1-2H3/b9-3+,10-4+. The van der Waals surface area contributed by atoms with Gasteiger partial charge in [-0.05, 0) is 65.2 Å². The van der Waals surface area contributed by atoms with E-state index in [1.807, 2.05) is 0 Å². The minimum atomic E-state index is -0.737. The van der Waals surface area contributed by atoms with Crippen LogP contribution in [0.15, 0.2) is 24.3 Å². The van der Waals surface area contributed by atoms with E-state index in [1.165, 1.54) is 12.2 Å². The molecule has 4 heteroatoms. The minimum Gasteiger partial charge on any atom is -0.443 e. The number of ether oxygens (including phenoxy) is 2. The van der Waals surface area contributed by atoms with Crippen LogP contribution in [0.4, 0.5) is 0 Å². The van der Waals surface area contributed by atoms with Gasteiger partial charge in [0.1, 0.15) is 0 Å². The first-order chi connectivity index (χ1) is 11.5. The molecular formula is C20H26O4. The number of hydrogen-bond acceptors (Lipinski definition) is 4. The monoisotopic (exact) mass is 330 g/mol. The van der Waals surface area contributed by atoms with Crippen molar-refractivity contribution in [1.82, 2.24) is 0 Å². The predicted octanol–water partition coefficient (Wildman–Crippen LogP) is 3.85. The van der Waals surface area contributed by atoms with E-state index in [2.05, 4.69) is 11.8 Å². The summed E-state index contributed by atoms with van der Waals surface area (Å²) >= 11 is 0. The Kier molecular flexibility index (Phi) is 6.25. The molecule has 0 atom stereocenters. The maximum Gasteiger partial charge on any atom is 0.331 e. The van der Waals surface area contributed by atoms with Gasteiger partial charge in [-0.2, -0.15) is 0 Å². The van der Waals surface area contributed by atoms with Gasteiger partial charge in [0.05, 0.1) is 0 Å². The number of hydrogen-bond donors (Lipinski definition) is 0. The largest absolute Gasteiger partial charge is 0.443 e. The summed E-state index contributed by atoms with van der Waals surface area (Å²) in [4.78, 5) is 23.7. The zero-order valence-corrected chi connectivity index (χ0v) is 14.6. The average Bonchev–Trinajstić information content (AvgIpc) is 3.17. The van der Waals surface area contributed by atoms with Crippen molar-refractivity contribution in [3.8, 4) is 11.8 Å². The van der Waals surface area contributed by atoms with Gasteiger partial charge in [0, 0.05) is 12.2 Å². The molecule has 0 saturated heterocycles. The summed E-state index contributed by atoms with van der Waals surface area (Å²) in [6.45, 7) is 3.56. The molecule has 0 aromatic heterocycles. The second kappa shape index (κ2) is 8.19. The lowest BCUT2D eigenvalue weighted by Gasteiger charge is -2.26. The van der Waals surface area contributed by atoms with Gasteiger partial charge in [0.15, 0.2) is 11.2 Å². The second-order valence-corrected chi connectivity index (χ2v) is 6.49.